The molecule has 2 aliphatic carbocycles. The first-order valence-corrected chi connectivity index (χ1v) is 13.2. The summed E-state index contributed by atoms with van der Waals surface area (Å²) >= 11 is 0. The molecule has 2 aromatic heterocycles. The highest BCUT2D eigenvalue weighted by atomic mass is 16.5. The Morgan fingerprint density at radius 1 is 1.18 bits per heavy atom. The molecule has 2 aromatic carbocycles. The van der Waals surface area contributed by atoms with Crippen LogP contribution in [0.4, 0.5) is 0 Å². The third kappa shape index (κ3) is 4.75. The summed E-state index contributed by atoms with van der Waals surface area (Å²) in [5.74, 6) is 6.92. The number of carbonyl (C=O) groups is 2. The number of ether oxygens (including phenoxy) is 1. The summed E-state index contributed by atoms with van der Waals surface area (Å²) in [4.78, 5) is 30.2. The minimum Gasteiger partial charge on any atom is -0.491 e. The Balaban J connectivity index is 1.30. The number of nitrogens with one attached hydrogen (secondary N) is 1. The van der Waals surface area contributed by atoms with E-state index in [0.717, 1.165) is 18.4 Å². The number of aliphatic hydroxyl groups excluding tert-OH is 2. The van der Waals surface area contributed by atoms with Gasteiger partial charge < -0.3 is 24.7 Å². The first-order valence-electron chi connectivity index (χ1n) is 13.2. The molecule has 6 rings (SSSR count). The van der Waals surface area contributed by atoms with Gasteiger partial charge in [0.05, 0.1) is 12.2 Å². The van der Waals surface area contributed by atoms with Crippen LogP contribution in [-0.4, -0.2) is 52.2 Å². The van der Waals surface area contributed by atoms with Gasteiger partial charge in [0, 0.05) is 39.7 Å². The lowest BCUT2D eigenvalue weighted by Crippen LogP contribution is -2.29. The Kier molecular flexibility index (Phi) is 6.41. The van der Waals surface area contributed by atoms with Gasteiger partial charge in [-0.2, -0.15) is 0 Å². The molecule has 0 radical (unpaired) electrons. The van der Waals surface area contributed by atoms with Crippen LogP contribution in [0.2, 0.25) is 0 Å². The molecule has 1 fully saturated rings. The molecule has 0 spiro atoms. The molecule has 1 amide bonds. The smallest absolute Gasteiger partial charge is 0.251 e. The van der Waals surface area contributed by atoms with E-state index in [9.17, 15) is 14.7 Å². The molecule has 0 saturated heterocycles. The lowest BCUT2D eigenvalue weighted by atomic mass is 9.71. The van der Waals surface area contributed by atoms with E-state index in [-0.39, 0.29) is 24.3 Å². The molecule has 40 heavy (non-hydrogen) atoms. The maximum atomic E-state index is 13.6. The summed E-state index contributed by atoms with van der Waals surface area (Å²) in [6.45, 7) is 3.52. The van der Waals surface area contributed by atoms with Crippen LogP contribution < -0.4 is 10.1 Å². The van der Waals surface area contributed by atoms with E-state index in [1.807, 2.05) is 32.0 Å². The molecule has 0 aliphatic heterocycles. The second kappa shape index (κ2) is 9.94. The molecule has 0 bridgehead atoms. The number of benzene rings is 2. The highest BCUT2D eigenvalue weighted by Gasteiger charge is 2.41. The number of hydrogen-bond acceptors (Lipinski definition) is 7. The number of aromatic nitrogens is 1. The molecule has 1 saturated carbocycles. The average molecular weight is 537 g/mol. The molecular weight excluding hydrogens is 508 g/mol. The van der Waals surface area contributed by atoms with Crippen LogP contribution in [-0.2, 0) is 5.41 Å². The predicted octanol–water partition coefficient (Wildman–Crippen LogP) is 3.72. The van der Waals surface area contributed by atoms with Gasteiger partial charge in [0.15, 0.2) is 5.78 Å². The van der Waals surface area contributed by atoms with E-state index in [1.54, 1.807) is 36.5 Å². The highest BCUT2D eigenvalue weighted by Crippen LogP contribution is 2.46. The van der Waals surface area contributed by atoms with E-state index in [4.69, 9.17) is 14.3 Å². The number of furan rings is 1. The highest BCUT2D eigenvalue weighted by molar-refractivity contribution is 6.19. The van der Waals surface area contributed by atoms with Crippen molar-refractivity contribution in [3.05, 3.63) is 94.0 Å². The van der Waals surface area contributed by atoms with Crippen molar-refractivity contribution in [2.45, 2.75) is 44.2 Å². The van der Waals surface area contributed by atoms with Gasteiger partial charge in [0.25, 0.3) is 5.91 Å². The van der Waals surface area contributed by atoms with Crippen LogP contribution in [0.3, 0.4) is 0 Å². The maximum absolute atomic E-state index is 13.6. The number of aliphatic hydroxyl groups is 2. The fraction of sp³-hybridized carbons (Fsp3) is 0.281. The van der Waals surface area contributed by atoms with Crippen molar-refractivity contribution < 1.29 is 29.0 Å². The van der Waals surface area contributed by atoms with Crippen molar-refractivity contribution in [3.63, 3.8) is 0 Å². The third-order valence-corrected chi connectivity index (χ3v) is 7.32. The normalized spacial score (nSPS) is 15.9. The largest absolute Gasteiger partial charge is 0.491 e. The average Bonchev–Trinajstić information content (AvgIpc) is 3.69. The minimum atomic E-state index is -0.989. The summed E-state index contributed by atoms with van der Waals surface area (Å²) in [7, 11) is 0. The lowest BCUT2D eigenvalue weighted by Gasteiger charge is -2.31. The Labute approximate surface area is 231 Å². The molecule has 0 unspecified atom stereocenters. The van der Waals surface area contributed by atoms with Crippen LogP contribution in [0, 0.1) is 11.8 Å². The number of ketones is 1. The molecule has 8 heteroatoms. The maximum Gasteiger partial charge on any atom is 0.251 e. The SMILES string of the molecule is CC1(C)c2cc(OC[C@H](O)CO)ccc2C(=O)c2c1oc1cc(C#Cc3cc(C(=O)NC4CC4)ccn3)ccc21. The van der Waals surface area contributed by atoms with Crippen LogP contribution in [0.15, 0.2) is 59.1 Å². The fourth-order valence-corrected chi connectivity index (χ4v) is 4.94. The predicted molar refractivity (Wildman–Crippen MR) is 148 cm³/mol. The summed E-state index contributed by atoms with van der Waals surface area (Å²) in [5, 5.41) is 22.4. The van der Waals surface area contributed by atoms with Crippen LogP contribution in [0.1, 0.15) is 75.5 Å². The number of fused-ring (bicyclic) bond motifs is 4. The number of hydrogen-bond donors (Lipinski definition) is 3. The van der Waals surface area contributed by atoms with Gasteiger partial charge in [-0.1, -0.05) is 5.92 Å². The molecule has 202 valence electrons. The molecule has 2 aliphatic rings. The first kappa shape index (κ1) is 25.8. The van der Waals surface area contributed by atoms with Gasteiger partial charge in [-0.25, -0.2) is 4.98 Å². The van der Waals surface area contributed by atoms with E-state index in [0.29, 0.717) is 50.4 Å². The summed E-state index contributed by atoms with van der Waals surface area (Å²) < 4.78 is 11.9. The third-order valence-electron chi connectivity index (χ3n) is 7.32. The minimum absolute atomic E-state index is 0.0587. The number of nitrogens with zero attached hydrogens (tertiary/aromatic N) is 1. The molecule has 4 aromatic rings. The summed E-state index contributed by atoms with van der Waals surface area (Å²) in [6.07, 6.45) is 2.62. The fourth-order valence-electron chi connectivity index (χ4n) is 4.94. The van der Waals surface area contributed by atoms with Gasteiger partial charge in [-0.15, -0.1) is 0 Å². The second-order valence-corrected chi connectivity index (χ2v) is 10.8. The zero-order chi connectivity index (χ0) is 28.0. The van der Waals surface area contributed by atoms with Crippen molar-refractivity contribution in [3.8, 4) is 17.6 Å². The van der Waals surface area contributed by atoms with Gasteiger partial charge in [-0.05, 0) is 86.7 Å². The van der Waals surface area contributed by atoms with Crippen molar-refractivity contribution in [1.82, 2.24) is 10.3 Å². The van der Waals surface area contributed by atoms with Crippen LogP contribution in [0.5, 0.6) is 5.75 Å². The second-order valence-electron chi connectivity index (χ2n) is 10.8. The molecule has 2 heterocycles. The number of rotatable bonds is 6. The summed E-state index contributed by atoms with van der Waals surface area (Å²) in [6, 6.07) is 14.3. The van der Waals surface area contributed by atoms with E-state index >= 15 is 0 Å². The van der Waals surface area contributed by atoms with Gasteiger partial charge in [-0.3, -0.25) is 9.59 Å². The van der Waals surface area contributed by atoms with Crippen molar-refractivity contribution in [2.24, 2.45) is 0 Å². The van der Waals surface area contributed by atoms with Crippen LogP contribution in [0.25, 0.3) is 11.0 Å². The Morgan fingerprint density at radius 3 is 2.77 bits per heavy atom. The van der Waals surface area contributed by atoms with E-state index < -0.39 is 18.1 Å². The topological polar surface area (TPSA) is 122 Å². The summed E-state index contributed by atoms with van der Waals surface area (Å²) in [5.41, 5.74) is 3.48. The van der Waals surface area contributed by atoms with Crippen molar-refractivity contribution >= 4 is 22.7 Å². The van der Waals surface area contributed by atoms with Gasteiger partial charge in [0.1, 0.15) is 35.5 Å². The molecule has 8 nitrogen and oxygen atoms in total. The standard InChI is InChI=1S/C32H28N2O6/c1-32(2)26-15-23(39-17-22(36)16-35)8-10-24(26)29(37)28-25-9-4-18(13-27(25)40-30(28)32)3-5-21-14-19(11-12-33-21)31(38)34-20-6-7-20/h4,8-15,20,22,35-36H,6-7,16-17H2,1-2H3,(H,34,38)/t22-/m1/s1. The zero-order valence-corrected chi connectivity index (χ0v) is 22.2. The first-order chi connectivity index (χ1) is 19.2. The molecular formula is C32H28N2O6. The molecule has 1 atom stereocenters. The van der Waals surface area contributed by atoms with Gasteiger partial charge in [0.2, 0.25) is 0 Å². The monoisotopic (exact) mass is 536 g/mol. The van der Waals surface area contributed by atoms with E-state index in [1.165, 1.54) is 0 Å². The Hall–Kier alpha value is -4.45. The van der Waals surface area contributed by atoms with Crippen molar-refractivity contribution in [1.29, 1.82) is 0 Å². The quantitative estimate of drug-likeness (QED) is 0.321. The van der Waals surface area contributed by atoms with Crippen LogP contribution >= 0.6 is 0 Å². The zero-order valence-electron chi connectivity index (χ0n) is 22.2. The van der Waals surface area contributed by atoms with Gasteiger partial charge >= 0.3 is 0 Å². The Bertz CT molecular complexity index is 1720. The Morgan fingerprint density at radius 2 is 2.00 bits per heavy atom. The number of pyridine rings is 1. The lowest BCUT2D eigenvalue weighted by molar-refractivity contribution is 0.0535. The number of amides is 1. The molecule has 3 N–H and O–H groups in total. The van der Waals surface area contributed by atoms with E-state index in [2.05, 4.69) is 22.1 Å². The van der Waals surface area contributed by atoms with Crippen molar-refractivity contribution in [2.75, 3.05) is 13.2 Å². The number of carbonyl (C=O) groups excluding carboxylic acids is 2.